The highest BCUT2D eigenvalue weighted by Crippen LogP contribution is 2.52. The molecule has 0 amide bonds. The molecule has 5 heteroatoms. The van der Waals surface area contributed by atoms with Crippen LogP contribution in [0.15, 0.2) is 18.2 Å². The van der Waals surface area contributed by atoms with Crippen molar-refractivity contribution >= 4 is 22.5 Å². The largest absolute Gasteiger partial charge is 0.396 e. The summed E-state index contributed by atoms with van der Waals surface area (Å²) >= 11 is 6.45. The SMILES string of the molecule is CC[C@@]1(CO)C[C@@H]2CC[C@H]1N2Cc1nn(C)c2cccc(Cl)c12. The van der Waals surface area contributed by atoms with E-state index in [1.165, 1.54) is 12.8 Å². The van der Waals surface area contributed by atoms with Gasteiger partial charge >= 0.3 is 0 Å². The topological polar surface area (TPSA) is 41.3 Å². The zero-order valence-electron chi connectivity index (χ0n) is 13.8. The third-order valence-electron chi connectivity index (χ3n) is 6.24. The number of fused-ring (bicyclic) bond motifs is 3. The molecule has 0 radical (unpaired) electrons. The van der Waals surface area contributed by atoms with Crippen LogP contribution in [0.1, 0.15) is 38.3 Å². The summed E-state index contributed by atoms with van der Waals surface area (Å²) in [6.07, 6.45) is 4.59. The van der Waals surface area contributed by atoms with Crippen LogP contribution in [-0.2, 0) is 13.6 Å². The molecule has 0 saturated carbocycles. The first-order valence-corrected chi connectivity index (χ1v) is 8.94. The number of nitrogens with zero attached hydrogens (tertiary/aromatic N) is 3. The van der Waals surface area contributed by atoms with Crippen molar-refractivity contribution in [3.63, 3.8) is 0 Å². The molecule has 3 atom stereocenters. The van der Waals surface area contributed by atoms with Crippen molar-refractivity contribution in [2.45, 2.75) is 51.2 Å². The van der Waals surface area contributed by atoms with Crippen molar-refractivity contribution in [2.24, 2.45) is 12.5 Å². The van der Waals surface area contributed by atoms with Crippen LogP contribution < -0.4 is 0 Å². The Morgan fingerprint density at radius 1 is 1.39 bits per heavy atom. The second-order valence-electron chi connectivity index (χ2n) is 7.20. The Kier molecular flexibility index (Phi) is 3.67. The molecule has 4 rings (SSSR count). The van der Waals surface area contributed by atoms with Gasteiger partial charge in [0.15, 0.2) is 0 Å². The fraction of sp³-hybridized carbons (Fsp3) is 0.611. The monoisotopic (exact) mass is 333 g/mol. The van der Waals surface area contributed by atoms with Gasteiger partial charge in [0.25, 0.3) is 0 Å². The second-order valence-corrected chi connectivity index (χ2v) is 7.61. The summed E-state index contributed by atoms with van der Waals surface area (Å²) in [7, 11) is 1.98. The molecular formula is C18H24ClN3O. The zero-order chi connectivity index (χ0) is 16.2. The van der Waals surface area contributed by atoms with Gasteiger partial charge in [0, 0.05) is 36.5 Å². The predicted molar refractivity (Wildman–Crippen MR) is 92.5 cm³/mol. The van der Waals surface area contributed by atoms with Gasteiger partial charge in [0.2, 0.25) is 0 Å². The minimum absolute atomic E-state index is 0.0807. The van der Waals surface area contributed by atoms with Gasteiger partial charge in [-0.2, -0.15) is 5.10 Å². The van der Waals surface area contributed by atoms with Crippen molar-refractivity contribution in [1.29, 1.82) is 0 Å². The van der Waals surface area contributed by atoms with E-state index in [1.54, 1.807) is 0 Å². The maximum atomic E-state index is 9.97. The van der Waals surface area contributed by atoms with Gasteiger partial charge in [-0.25, -0.2) is 0 Å². The molecule has 2 aromatic rings. The summed E-state index contributed by atoms with van der Waals surface area (Å²) in [5.41, 5.74) is 2.23. The molecule has 23 heavy (non-hydrogen) atoms. The number of halogens is 1. The Morgan fingerprint density at radius 3 is 2.91 bits per heavy atom. The van der Waals surface area contributed by atoms with Crippen molar-refractivity contribution in [3.05, 3.63) is 28.9 Å². The van der Waals surface area contributed by atoms with Crippen molar-refractivity contribution in [1.82, 2.24) is 14.7 Å². The molecule has 2 aliphatic rings. The average molecular weight is 334 g/mol. The van der Waals surface area contributed by atoms with Crippen LogP contribution in [0.4, 0.5) is 0 Å². The molecule has 0 spiro atoms. The standard InChI is InChI=1S/C18H24ClN3O/c1-3-18(11-23)9-12-7-8-16(18)22(12)10-14-17-13(19)5-4-6-15(17)21(2)20-14/h4-6,12,16,23H,3,7-11H2,1-2H3/t12-,16+,18-/m0/s1. The van der Waals surface area contributed by atoms with E-state index < -0.39 is 0 Å². The van der Waals surface area contributed by atoms with Gasteiger partial charge in [0.1, 0.15) is 0 Å². The fourth-order valence-corrected chi connectivity index (χ4v) is 5.24. The number of aromatic nitrogens is 2. The third-order valence-corrected chi connectivity index (χ3v) is 6.56. The van der Waals surface area contributed by atoms with E-state index in [0.29, 0.717) is 18.7 Å². The van der Waals surface area contributed by atoms with Gasteiger partial charge in [-0.3, -0.25) is 9.58 Å². The van der Waals surface area contributed by atoms with E-state index in [2.05, 4.69) is 17.9 Å². The van der Waals surface area contributed by atoms with Gasteiger partial charge in [-0.15, -0.1) is 0 Å². The first-order chi connectivity index (χ1) is 11.1. The highest BCUT2D eigenvalue weighted by Gasteiger charge is 2.54. The Hall–Kier alpha value is -1.10. The number of aryl methyl sites for hydroxylation is 1. The number of rotatable bonds is 4. The molecular weight excluding hydrogens is 310 g/mol. The number of aliphatic hydroxyl groups is 1. The summed E-state index contributed by atoms with van der Waals surface area (Å²) in [5, 5.41) is 16.6. The van der Waals surface area contributed by atoms with Crippen molar-refractivity contribution in [3.8, 4) is 0 Å². The minimum Gasteiger partial charge on any atom is -0.396 e. The fourth-order valence-electron chi connectivity index (χ4n) is 4.96. The number of benzene rings is 1. The van der Waals surface area contributed by atoms with E-state index in [0.717, 1.165) is 41.0 Å². The van der Waals surface area contributed by atoms with Gasteiger partial charge in [0.05, 0.1) is 22.8 Å². The lowest BCUT2D eigenvalue weighted by atomic mass is 9.72. The van der Waals surface area contributed by atoms with Crippen LogP contribution in [-0.4, -0.2) is 38.5 Å². The molecule has 3 heterocycles. The lowest BCUT2D eigenvalue weighted by Crippen LogP contribution is -2.39. The normalized spacial score (nSPS) is 30.6. The molecule has 2 bridgehead atoms. The Morgan fingerprint density at radius 2 is 2.22 bits per heavy atom. The molecule has 2 aliphatic heterocycles. The predicted octanol–water partition coefficient (Wildman–Crippen LogP) is 3.35. The highest BCUT2D eigenvalue weighted by atomic mass is 35.5. The average Bonchev–Trinajstić information content (AvgIpc) is 3.19. The van der Waals surface area contributed by atoms with Crippen LogP contribution in [0.25, 0.3) is 10.9 Å². The first kappa shape index (κ1) is 15.4. The van der Waals surface area contributed by atoms with E-state index in [9.17, 15) is 5.11 Å². The van der Waals surface area contributed by atoms with Crippen LogP contribution in [0.2, 0.25) is 5.02 Å². The van der Waals surface area contributed by atoms with Crippen LogP contribution in [0.5, 0.6) is 0 Å². The number of hydrogen-bond donors (Lipinski definition) is 1. The first-order valence-electron chi connectivity index (χ1n) is 8.56. The van der Waals surface area contributed by atoms with Crippen molar-refractivity contribution in [2.75, 3.05) is 6.61 Å². The Bertz CT molecular complexity index is 737. The molecule has 0 aliphatic carbocycles. The zero-order valence-corrected chi connectivity index (χ0v) is 14.6. The summed E-state index contributed by atoms with van der Waals surface area (Å²) in [5.74, 6) is 0. The lowest BCUT2D eigenvalue weighted by molar-refractivity contribution is 0.0711. The summed E-state index contributed by atoms with van der Waals surface area (Å²) < 4.78 is 1.92. The lowest BCUT2D eigenvalue weighted by Gasteiger charge is -2.35. The van der Waals surface area contributed by atoms with Crippen LogP contribution in [0.3, 0.4) is 0 Å². The highest BCUT2D eigenvalue weighted by molar-refractivity contribution is 6.35. The molecule has 1 aromatic carbocycles. The van der Waals surface area contributed by atoms with Gasteiger partial charge < -0.3 is 5.11 Å². The van der Waals surface area contributed by atoms with E-state index in [-0.39, 0.29) is 5.41 Å². The van der Waals surface area contributed by atoms with Crippen LogP contribution >= 0.6 is 11.6 Å². The molecule has 2 saturated heterocycles. The molecule has 1 N–H and O–H groups in total. The van der Waals surface area contributed by atoms with Crippen LogP contribution in [0, 0.1) is 5.41 Å². The summed E-state index contributed by atoms with van der Waals surface area (Å²) in [6, 6.07) is 7.04. The molecule has 2 fully saturated rings. The van der Waals surface area contributed by atoms with Gasteiger partial charge in [-0.05, 0) is 37.8 Å². The minimum atomic E-state index is 0.0807. The molecule has 124 valence electrons. The van der Waals surface area contributed by atoms with E-state index in [4.69, 9.17) is 16.7 Å². The van der Waals surface area contributed by atoms with Gasteiger partial charge in [-0.1, -0.05) is 24.6 Å². The quantitative estimate of drug-likeness (QED) is 0.932. The summed E-state index contributed by atoms with van der Waals surface area (Å²) in [4.78, 5) is 2.57. The molecule has 1 aromatic heterocycles. The number of hydrogen-bond acceptors (Lipinski definition) is 3. The maximum Gasteiger partial charge on any atom is 0.0858 e. The number of aliphatic hydroxyl groups excluding tert-OH is 1. The van der Waals surface area contributed by atoms with E-state index >= 15 is 0 Å². The second kappa shape index (κ2) is 5.47. The Labute approximate surface area is 142 Å². The molecule has 0 unspecified atom stereocenters. The van der Waals surface area contributed by atoms with Crippen molar-refractivity contribution < 1.29 is 5.11 Å². The Balaban J connectivity index is 1.70. The molecule has 4 nitrogen and oxygen atoms in total. The smallest absolute Gasteiger partial charge is 0.0858 e. The third kappa shape index (κ3) is 2.15. The van der Waals surface area contributed by atoms with E-state index in [1.807, 2.05) is 23.9 Å². The maximum absolute atomic E-state index is 9.97. The summed E-state index contributed by atoms with van der Waals surface area (Å²) in [6.45, 7) is 3.34.